The molecule has 16 heavy (non-hydrogen) atoms. The fraction of sp³-hybridized carbons (Fsp3) is 0.750. The number of ketones is 2. The standard InChI is InChI=1S/C12H16O4/c1-7-8(14)5-10(15)12(2,6-13)11-4-3-9(7)16-11/h6-7,9,11H,3-5H2,1-2H3/t7-,9-,11+,12-/m0/s1. The zero-order valence-electron chi connectivity index (χ0n) is 9.56. The van der Waals surface area contributed by atoms with Crippen LogP contribution in [0.15, 0.2) is 0 Å². The summed E-state index contributed by atoms with van der Waals surface area (Å²) in [5, 5.41) is 0. The summed E-state index contributed by atoms with van der Waals surface area (Å²) >= 11 is 0. The Kier molecular flexibility index (Phi) is 2.70. The lowest BCUT2D eigenvalue weighted by molar-refractivity contribution is -0.151. The Morgan fingerprint density at radius 3 is 2.69 bits per heavy atom. The third-order valence-electron chi connectivity index (χ3n) is 3.97. The van der Waals surface area contributed by atoms with Crippen molar-refractivity contribution in [3.63, 3.8) is 0 Å². The van der Waals surface area contributed by atoms with Gasteiger partial charge >= 0.3 is 0 Å². The first-order chi connectivity index (χ1) is 7.49. The molecule has 0 aromatic carbocycles. The van der Waals surface area contributed by atoms with Gasteiger partial charge in [0.05, 0.1) is 18.6 Å². The first-order valence-electron chi connectivity index (χ1n) is 5.67. The molecule has 2 aliphatic rings. The van der Waals surface area contributed by atoms with E-state index in [0.29, 0.717) is 12.7 Å². The maximum atomic E-state index is 11.9. The molecule has 2 saturated heterocycles. The minimum atomic E-state index is -1.13. The Labute approximate surface area is 94.3 Å². The first kappa shape index (κ1) is 11.5. The van der Waals surface area contributed by atoms with E-state index in [0.717, 1.165) is 6.42 Å². The van der Waals surface area contributed by atoms with Crippen molar-refractivity contribution in [3.05, 3.63) is 0 Å². The second-order valence-electron chi connectivity index (χ2n) is 5.00. The number of aldehydes is 1. The van der Waals surface area contributed by atoms with E-state index >= 15 is 0 Å². The highest BCUT2D eigenvalue weighted by Gasteiger charge is 2.50. The quantitative estimate of drug-likeness (QED) is 0.491. The Balaban J connectivity index is 2.36. The van der Waals surface area contributed by atoms with Gasteiger partial charge < -0.3 is 9.53 Å². The van der Waals surface area contributed by atoms with Gasteiger partial charge in [0.25, 0.3) is 0 Å². The van der Waals surface area contributed by atoms with Crippen LogP contribution in [0, 0.1) is 11.3 Å². The summed E-state index contributed by atoms with van der Waals surface area (Å²) in [5.74, 6) is -0.640. The number of fused-ring (bicyclic) bond motifs is 2. The van der Waals surface area contributed by atoms with Crippen LogP contribution in [0.5, 0.6) is 0 Å². The van der Waals surface area contributed by atoms with Crippen LogP contribution in [0.25, 0.3) is 0 Å². The summed E-state index contributed by atoms with van der Waals surface area (Å²) in [5.41, 5.74) is -1.13. The van der Waals surface area contributed by atoms with Gasteiger partial charge in [0.1, 0.15) is 17.5 Å². The van der Waals surface area contributed by atoms with Gasteiger partial charge in [0, 0.05) is 5.92 Å². The second-order valence-corrected chi connectivity index (χ2v) is 5.00. The van der Waals surface area contributed by atoms with E-state index in [1.54, 1.807) is 13.8 Å². The topological polar surface area (TPSA) is 60.4 Å². The van der Waals surface area contributed by atoms with Crippen molar-refractivity contribution >= 4 is 17.9 Å². The molecule has 0 aromatic heterocycles. The molecule has 4 heteroatoms. The summed E-state index contributed by atoms with van der Waals surface area (Å²) < 4.78 is 5.69. The molecule has 88 valence electrons. The van der Waals surface area contributed by atoms with Crippen molar-refractivity contribution in [1.29, 1.82) is 0 Å². The number of hydrogen-bond acceptors (Lipinski definition) is 4. The van der Waals surface area contributed by atoms with Crippen LogP contribution in [0.4, 0.5) is 0 Å². The number of ether oxygens (including phenoxy) is 1. The van der Waals surface area contributed by atoms with Crippen molar-refractivity contribution < 1.29 is 19.1 Å². The van der Waals surface area contributed by atoms with Crippen molar-refractivity contribution in [2.24, 2.45) is 11.3 Å². The van der Waals surface area contributed by atoms with Gasteiger partial charge in [-0.05, 0) is 19.8 Å². The molecular weight excluding hydrogens is 208 g/mol. The molecular formula is C12H16O4. The van der Waals surface area contributed by atoms with Crippen molar-refractivity contribution in [2.75, 3.05) is 0 Å². The molecule has 0 unspecified atom stereocenters. The van der Waals surface area contributed by atoms with Gasteiger partial charge in [-0.1, -0.05) is 6.92 Å². The smallest absolute Gasteiger partial charge is 0.155 e. The molecule has 0 saturated carbocycles. The van der Waals surface area contributed by atoms with Gasteiger partial charge in [-0.15, -0.1) is 0 Å². The molecule has 0 aromatic rings. The molecule has 4 atom stereocenters. The maximum absolute atomic E-state index is 11.9. The fourth-order valence-corrected chi connectivity index (χ4v) is 2.51. The summed E-state index contributed by atoms with van der Waals surface area (Å²) in [6.07, 6.45) is 1.48. The largest absolute Gasteiger partial charge is 0.373 e. The van der Waals surface area contributed by atoms with Crippen LogP contribution < -0.4 is 0 Å². The highest BCUT2D eigenvalue weighted by atomic mass is 16.5. The van der Waals surface area contributed by atoms with Crippen LogP contribution in [-0.2, 0) is 19.1 Å². The monoisotopic (exact) mass is 224 g/mol. The van der Waals surface area contributed by atoms with Gasteiger partial charge in [-0.2, -0.15) is 0 Å². The highest BCUT2D eigenvalue weighted by molar-refractivity contribution is 6.09. The molecule has 0 N–H and O–H groups in total. The van der Waals surface area contributed by atoms with E-state index in [2.05, 4.69) is 0 Å². The predicted octanol–water partition coefficient (Wildman–Crippen LogP) is 0.917. The number of Topliss-reactive ketones (excluding diaryl/α,β-unsaturated/α-hetero) is 2. The van der Waals surface area contributed by atoms with E-state index in [9.17, 15) is 14.4 Å². The van der Waals surface area contributed by atoms with E-state index < -0.39 is 5.41 Å². The predicted molar refractivity (Wildman–Crippen MR) is 55.9 cm³/mol. The van der Waals surface area contributed by atoms with E-state index in [1.165, 1.54) is 0 Å². The Morgan fingerprint density at radius 2 is 2.06 bits per heavy atom. The van der Waals surface area contributed by atoms with Crippen molar-refractivity contribution in [1.82, 2.24) is 0 Å². The minimum absolute atomic E-state index is 0.108. The Bertz CT molecular complexity index is 349. The Hall–Kier alpha value is -1.03. The molecule has 2 heterocycles. The number of hydrogen-bond donors (Lipinski definition) is 0. The third-order valence-corrected chi connectivity index (χ3v) is 3.97. The van der Waals surface area contributed by atoms with Crippen LogP contribution in [0.1, 0.15) is 33.1 Å². The lowest BCUT2D eigenvalue weighted by atomic mass is 9.78. The lowest BCUT2D eigenvalue weighted by Crippen LogP contribution is -2.45. The lowest BCUT2D eigenvalue weighted by Gasteiger charge is -2.32. The summed E-state index contributed by atoms with van der Waals surface area (Å²) in [6, 6.07) is 0. The molecule has 0 spiro atoms. The molecule has 0 amide bonds. The molecule has 2 bridgehead atoms. The van der Waals surface area contributed by atoms with Gasteiger partial charge in [0.15, 0.2) is 5.78 Å². The molecule has 0 aliphatic carbocycles. The fourth-order valence-electron chi connectivity index (χ4n) is 2.51. The average Bonchev–Trinajstić information content (AvgIpc) is 2.75. The van der Waals surface area contributed by atoms with Gasteiger partial charge in [0.2, 0.25) is 0 Å². The summed E-state index contributed by atoms with van der Waals surface area (Å²) in [4.78, 5) is 34.8. The number of rotatable bonds is 1. The average molecular weight is 224 g/mol. The normalized spacial score (nSPS) is 44.0. The summed E-state index contributed by atoms with van der Waals surface area (Å²) in [7, 11) is 0. The second kappa shape index (κ2) is 3.77. The van der Waals surface area contributed by atoms with Crippen molar-refractivity contribution in [3.8, 4) is 0 Å². The molecule has 2 fully saturated rings. The van der Waals surface area contributed by atoms with Crippen LogP contribution >= 0.6 is 0 Å². The van der Waals surface area contributed by atoms with Crippen LogP contribution in [0.3, 0.4) is 0 Å². The van der Waals surface area contributed by atoms with E-state index in [4.69, 9.17) is 4.74 Å². The first-order valence-corrected chi connectivity index (χ1v) is 5.67. The number of carbonyl (C=O) groups is 3. The maximum Gasteiger partial charge on any atom is 0.155 e. The number of carbonyl (C=O) groups excluding carboxylic acids is 3. The van der Waals surface area contributed by atoms with E-state index in [-0.39, 0.29) is 36.1 Å². The highest BCUT2D eigenvalue weighted by Crippen LogP contribution is 2.39. The molecule has 2 rings (SSSR count). The van der Waals surface area contributed by atoms with Gasteiger partial charge in [-0.25, -0.2) is 0 Å². The van der Waals surface area contributed by atoms with Crippen LogP contribution in [-0.4, -0.2) is 30.1 Å². The SMILES string of the molecule is C[C@H]1C(=O)CC(=O)[C@](C)(C=O)[C@H]2CC[C@@H]1O2. The zero-order valence-corrected chi connectivity index (χ0v) is 9.56. The summed E-state index contributed by atoms with van der Waals surface area (Å²) in [6.45, 7) is 3.38. The van der Waals surface area contributed by atoms with E-state index in [1.807, 2.05) is 0 Å². The Morgan fingerprint density at radius 1 is 1.38 bits per heavy atom. The molecule has 0 radical (unpaired) electrons. The van der Waals surface area contributed by atoms with Crippen LogP contribution in [0.2, 0.25) is 0 Å². The minimum Gasteiger partial charge on any atom is -0.373 e. The third kappa shape index (κ3) is 1.52. The molecule has 4 nitrogen and oxygen atoms in total. The van der Waals surface area contributed by atoms with Gasteiger partial charge in [-0.3, -0.25) is 9.59 Å². The van der Waals surface area contributed by atoms with Crippen molar-refractivity contribution in [2.45, 2.75) is 45.3 Å². The molecule has 2 aliphatic heterocycles. The zero-order chi connectivity index (χ0) is 11.9.